The molecule has 0 saturated carbocycles. The summed E-state index contributed by atoms with van der Waals surface area (Å²) in [6, 6.07) is 25.0. The molecule has 206 valence electrons. The summed E-state index contributed by atoms with van der Waals surface area (Å²) in [6.07, 6.45) is 0. The van der Waals surface area contributed by atoms with E-state index in [4.69, 9.17) is 0 Å². The maximum atomic E-state index is 12.7. The van der Waals surface area contributed by atoms with E-state index >= 15 is 0 Å². The van der Waals surface area contributed by atoms with Crippen LogP contribution in [0.1, 0.15) is 51.8 Å². The van der Waals surface area contributed by atoms with Gasteiger partial charge in [-0.25, -0.2) is 9.59 Å². The molecule has 0 spiro atoms. The van der Waals surface area contributed by atoms with Gasteiger partial charge in [-0.3, -0.25) is 14.4 Å². The normalized spacial score (nSPS) is 10.2. The quantitative estimate of drug-likeness (QED) is 0.261. The first kappa shape index (κ1) is 28.2. The number of nitrogens with one attached hydrogen (secondary N) is 3. The average molecular weight is 552 g/mol. The van der Waals surface area contributed by atoms with E-state index in [2.05, 4.69) is 25.4 Å². The summed E-state index contributed by atoms with van der Waals surface area (Å²) < 4.78 is 9.30. The average Bonchev–Trinajstić information content (AvgIpc) is 3.01. The van der Waals surface area contributed by atoms with Gasteiger partial charge in [0.25, 0.3) is 17.7 Å². The molecular formula is C31H25N3O7. The van der Waals surface area contributed by atoms with Crippen LogP contribution in [0.15, 0.2) is 97.1 Å². The Labute approximate surface area is 235 Å². The fourth-order valence-corrected chi connectivity index (χ4v) is 3.70. The third-order valence-electron chi connectivity index (χ3n) is 5.94. The van der Waals surface area contributed by atoms with Gasteiger partial charge in [-0.2, -0.15) is 0 Å². The molecule has 4 rings (SSSR count). The minimum atomic E-state index is -0.491. The van der Waals surface area contributed by atoms with Crippen LogP contribution in [0.3, 0.4) is 0 Å². The zero-order valence-corrected chi connectivity index (χ0v) is 22.1. The lowest BCUT2D eigenvalue weighted by atomic mass is 10.1. The van der Waals surface area contributed by atoms with Crippen LogP contribution in [0.25, 0.3) is 0 Å². The summed E-state index contributed by atoms with van der Waals surface area (Å²) in [6.45, 7) is 0. The molecule has 0 saturated heterocycles. The fraction of sp³-hybridized carbons (Fsp3) is 0.0645. The van der Waals surface area contributed by atoms with Gasteiger partial charge in [0.05, 0.1) is 25.3 Å². The van der Waals surface area contributed by atoms with Crippen molar-refractivity contribution in [2.24, 2.45) is 0 Å². The molecule has 10 heteroatoms. The Morgan fingerprint density at radius 2 is 0.610 bits per heavy atom. The molecule has 0 radical (unpaired) electrons. The number of anilines is 3. The molecule has 0 aliphatic carbocycles. The first-order chi connectivity index (χ1) is 19.8. The smallest absolute Gasteiger partial charge is 0.337 e. The molecule has 3 N–H and O–H groups in total. The van der Waals surface area contributed by atoms with E-state index in [1.165, 1.54) is 62.8 Å². The highest BCUT2D eigenvalue weighted by Crippen LogP contribution is 2.18. The summed E-state index contributed by atoms with van der Waals surface area (Å²) in [7, 11) is 2.56. The Morgan fingerprint density at radius 3 is 0.878 bits per heavy atom. The van der Waals surface area contributed by atoms with Crippen molar-refractivity contribution in [3.05, 3.63) is 125 Å². The summed E-state index contributed by atoms with van der Waals surface area (Å²) in [5, 5.41) is 8.27. The van der Waals surface area contributed by atoms with E-state index < -0.39 is 11.9 Å². The summed E-state index contributed by atoms with van der Waals surface area (Å²) in [4.78, 5) is 60.8. The lowest BCUT2D eigenvalue weighted by molar-refractivity contribution is 0.0592. The number of amides is 3. The molecule has 41 heavy (non-hydrogen) atoms. The van der Waals surface area contributed by atoms with Crippen LogP contribution in [0.5, 0.6) is 0 Å². The van der Waals surface area contributed by atoms with Crippen molar-refractivity contribution in [3.63, 3.8) is 0 Å². The van der Waals surface area contributed by atoms with Crippen LogP contribution < -0.4 is 16.0 Å². The molecule has 4 aromatic carbocycles. The molecule has 0 fully saturated rings. The summed E-state index contributed by atoms with van der Waals surface area (Å²) in [5.41, 5.74) is 3.30. The number of rotatable bonds is 8. The van der Waals surface area contributed by atoms with Gasteiger partial charge in [0.15, 0.2) is 0 Å². The number of carbonyl (C=O) groups excluding carboxylic acids is 5. The van der Waals surface area contributed by atoms with Gasteiger partial charge in [-0.1, -0.05) is 0 Å². The topological polar surface area (TPSA) is 140 Å². The SMILES string of the molecule is COC(=O)c1ccc(C(=O)Nc2ccc(NC(=O)c3ccc(NC(=O)c4ccc(C(=O)OC)cc4)cc3)cc2)cc1. The lowest BCUT2D eigenvalue weighted by Gasteiger charge is -2.09. The lowest BCUT2D eigenvalue weighted by Crippen LogP contribution is -2.14. The zero-order chi connectivity index (χ0) is 29.4. The van der Waals surface area contributed by atoms with E-state index in [0.29, 0.717) is 44.9 Å². The molecule has 0 bridgehead atoms. The van der Waals surface area contributed by atoms with Crippen molar-refractivity contribution < 1.29 is 33.4 Å². The van der Waals surface area contributed by atoms with E-state index in [0.717, 1.165) is 0 Å². The van der Waals surface area contributed by atoms with Crippen LogP contribution >= 0.6 is 0 Å². The van der Waals surface area contributed by atoms with Crippen molar-refractivity contribution in [1.29, 1.82) is 0 Å². The van der Waals surface area contributed by atoms with Crippen LogP contribution in [0.4, 0.5) is 17.1 Å². The van der Waals surface area contributed by atoms with Crippen molar-refractivity contribution in [3.8, 4) is 0 Å². The molecule has 0 unspecified atom stereocenters. The fourth-order valence-electron chi connectivity index (χ4n) is 3.70. The van der Waals surface area contributed by atoms with Gasteiger partial charge in [-0.05, 0) is 97.1 Å². The van der Waals surface area contributed by atoms with Crippen LogP contribution in [-0.2, 0) is 9.47 Å². The third-order valence-corrected chi connectivity index (χ3v) is 5.94. The molecule has 0 atom stereocenters. The number of carbonyl (C=O) groups is 5. The molecule has 0 aliphatic rings. The number of ether oxygens (including phenoxy) is 2. The Kier molecular flexibility index (Phi) is 8.85. The Morgan fingerprint density at radius 1 is 0.390 bits per heavy atom. The monoisotopic (exact) mass is 551 g/mol. The van der Waals surface area contributed by atoms with Crippen LogP contribution in [0.2, 0.25) is 0 Å². The first-order valence-corrected chi connectivity index (χ1v) is 12.3. The van der Waals surface area contributed by atoms with Gasteiger partial charge in [0.2, 0.25) is 0 Å². The molecular weight excluding hydrogens is 526 g/mol. The van der Waals surface area contributed by atoms with Gasteiger partial charge in [-0.15, -0.1) is 0 Å². The van der Waals surface area contributed by atoms with Crippen LogP contribution in [0, 0.1) is 0 Å². The molecule has 4 aromatic rings. The van der Waals surface area contributed by atoms with Crippen molar-refractivity contribution in [2.75, 3.05) is 30.2 Å². The second-order valence-electron chi connectivity index (χ2n) is 8.65. The predicted molar refractivity (Wildman–Crippen MR) is 152 cm³/mol. The predicted octanol–water partition coefficient (Wildman–Crippen LogP) is 5.02. The maximum Gasteiger partial charge on any atom is 0.337 e. The highest BCUT2D eigenvalue weighted by Gasteiger charge is 2.12. The maximum absolute atomic E-state index is 12.7. The minimum Gasteiger partial charge on any atom is -0.465 e. The second kappa shape index (κ2) is 12.9. The highest BCUT2D eigenvalue weighted by atomic mass is 16.5. The number of hydrogen-bond donors (Lipinski definition) is 3. The Bertz CT molecular complexity index is 1580. The zero-order valence-electron chi connectivity index (χ0n) is 22.1. The van der Waals surface area contributed by atoms with Crippen molar-refractivity contribution in [1.82, 2.24) is 0 Å². The molecule has 3 amide bonds. The largest absolute Gasteiger partial charge is 0.465 e. The number of benzene rings is 4. The third kappa shape index (κ3) is 7.21. The van der Waals surface area contributed by atoms with E-state index in [1.807, 2.05) is 0 Å². The number of hydrogen-bond acceptors (Lipinski definition) is 7. The second-order valence-corrected chi connectivity index (χ2v) is 8.65. The first-order valence-electron chi connectivity index (χ1n) is 12.3. The standard InChI is InChI=1S/C31H25N3O7/c1-40-30(38)22-7-3-19(4-8-22)27(35)32-24-13-11-21(12-14-24)29(37)34-26-17-15-25(16-18-26)33-28(36)20-5-9-23(10-6-20)31(39)41-2/h3-18H,1-2H3,(H,32,35)(H,33,36)(H,34,37). The molecule has 0 aromatic heterocycles. The van der Waals surface area contributed by atoms with Gasteiger partial charge < -0.3 is 25.4 Å². The van der Waals surface area contributed by atoms with Gasteiger partial charge >= 0.3 is 11.9 Å². The minimum absolute atomic E-state index is 0.336. The van der Waals surface area contributed by atoms with Crippen molar-refractivity contribution >= 4 is 46.7 Å². The Hall–Kier alpha value is -5.77. The highest BCUT2D eigenvalue weighted by molar-refractivity contribution is 6.07. The molecule has 0 aliphatic heterocycles. The number of esters is 2. The van der Waals surface area contributed by atoms with E-state index in [1.54, 1.807) is 48.5 Å². The summed E-state index contributed by atoms with van der Waals surface area (Å²) in [5.74, 6) is -2.07. The van der Waals surface area contributed by atoms with Gasteiger partial charge in [0.1, 0.15) is 0 Å². The van der Waals surface area contributed by atoms with E-state index in [-0.39, 0.29) is 17.7 Å². The molecule has 10 nitrogen and oxygen atoms in total. The Balaban J connectivity index is 1.30. The van der Waals surface area contributed by atoms with Crippen molar-refractivity contribution in [2.45, 2.75) is 0 Å². The van der Waals surface area contributed by atoms with Gasteiger partial charge in [0, 0.05) is 33.8 Å². The number of methoxy groups -OCH3 is 2. The van der Waals surface area contributed by atoms with Crippen LogP contribution in [-0.4, -0.2) is 43.9 Å². The molecule has 0 heterocycles. The summed E-state index contributed by atoms with van der Waals surface area (Å²) >= 11 is 0. The van der Waals surface area contributed by atoms with E-state index in [9.17, 15) is 24.0 Å².